The highest BCUT2D eigenvalue weighted by atomic mass is 16.2. The fraction of sp³-hybridized carbons (Fsp3) is 0.579. The summed E-state index contributed by atoms with van der Waals surface area (Å²) in [4.78, 5) is 24.1. The maximum Gasteiger partial charge on any atom is 0.321 e. The van der Waals surface area contributed by atoms with E-state index in [0.717, 1.165) is 31.4 Å². The lowest BCUT2D eigenvalue weighted by Gasteiger charge is -2.23. The quantitative estimate of drug-likeness (QED) is 0.769. The van der Waals surface area contributed by atoms with Crippen LogP contribution in [0.5, 0.6) is 0 Å². The van der Waals surface area contributed by atoms with E-state index in [1.165, 1.54) is 12.0 Å². The third-order valence-corrected chi connectivity index (χ3v) is 4.53. The summed E-state index contributed by atoms with van der Waals surface area (Å²) in [6.45, 7) is 6.03. The Balaban J connectivity index is 1.79. The molecule has 3 amide bonds. The Morgan fingerprint density at radius 2 is 1.62 bits per heavy atom. The summed E-state index contributed by atoms with van der Waals surface area (Å²) in [5, 5.41) is 8.44. The first-order chi connectivity index (χ1) is 11.5. The second-order valence-electron chi connectivity index (χ2n) is 6.94. The number of carbonyl (C=O) groups is 2. The van der Waals surface area contributed by atoms with Crippen LogP contribution in [0.4, 0.5) is 10.5 Å². The van der Waals surface area contributed by atoms with Gasteiger partial charge in [0.25, 0.3) is 0 Å². The molecule has 5 heteroatoms. The third-order valence-electron chi connectivity index (χ3n) is 4.53. The number of imide groups is 1. The number of hydrogen-bond donors (Lipinski definition) is 3. The van der Waals surface area contributed by atoms with Crippen molar-refractivity contribution in [1.29, 1.82) is 0 Å². The molecule has 0 bridgehead atoms. The van der Waals surface area contributed by atoms with Crippen molar-refractivity contribution in [1.82, 2.24) is 10.6 Å². The van der Waals surface area contributed by atoms with E-state index in [2.05, 4.69) is 29.8 Å². The molecular formula is C19H29N3O2. The van der Waals surface area contributed by atoms with Crippen LogP contribution in [-0.2, 0) is 4.79 Å². The van der Waals surface area contributed by atoms with E-state index < -0.39 is 12.1 Å². The fourth-order valence-electron chi connectivity index (χ4n) is 2.97. The lowest BCUT2D eigenvalue weighted by molar-refractivity contribution is -0.120. The summed E-state index contributed by atoms with van der Waals surface area (Å²) in [6, 6.07) is 7.34. The molecule has 0 aromatic heterocycles. The Labute approximate surface area is 144 Å². The summed E-state index contributed by atoms with van der Waals surface area (Å²) in [5.41, 5.74) is 2.12. The molecule has 1 fully saturated rings. The number of hydrogen-bond acceptors (Lipinski definition) is 3. The molecule has 0 saturated heterocycles. The molecule has 132 valence electrons. The summed E-state index contributed by atoms with van der Waals surface area (Å²) in [5.74, 6) is 0.152. The van der Waals surface area contributed by atoms with Crippen molar-refractivity contribution in [2.45, 2.75) is 70.9 Å². The Morgan fingerprint density at radius 3 is 2.21 bits per heavy atom. The van der Waals surface area contributed by atoms with Crippen LogP contribution in [0.1, 0.15) is 64.4 Å². The molecular weight excluding hydrogens is 302 g/mol. The van der Waals surface area contributed by atoms with Gasteiger partial charge >= 0.3 is 6.03 Å². The third kappa shape index (κ3) is 5.55. The van der Waals surface area contributed by atoms with Crippen molar-refractivity contribution in [3.05, 3.63) is 29.8 Å². The predicted molar refractivity (Wildman–Crippen MR) is 97.2 cm³/mol. The van der Waals surface area contributed by atoms with Crippen LogP contribution < -0.4 is 16.0 Å². The molecule has 1 saturated carbocycles. The maximum atomic E-state index is 12.1. The molecule has 5 nitrogen and oxygen atoms in total. The largest absolute Gasteiger partial charge is 0.374 e. The van der Waals surface area contributed by atoms with Crippen LogP contribution in [-0.4, -0.2) is 24.0 Å². The van der Waals surface area contributed by atoms with Gasteiger partial charge in [0.05, 0.1) is 0 Å². The van der Waals surface area contributed by atoms with Gasteiger partial charge in [0.1, 0.15) is 6.04 Å². The zero-order valence-electron chi connectivity index (χ0n) is 14.9. The zero-order chi connectivity index (χ0) is 17.5. The average Bonchev–Trinajstić information content (AvgIpc) is 2.56. The van der Waals surface area contributed by atoms with Gasteiger partial charge < -0.3 is 10.6 Å². The second-order valence-corrected chi connectivity index (χ2v) is 6.94. The summed E-state index contributed by atoms with van der Waals surface area (Å²) in [7, 11) is 0. The van der Waals surface area contributed by atoms with Gasteiger partial charge in [-0.15, -0.1) is 0 Å². The molecule has 0 radical (unpaired) electrons. The zero-order valence-corrected chi connectivity index (χ0v) is 14.9. The minimum absolute atomic E-state index is 0.193. The van der Waals surface area contributed by atoms with Crippen molar-refractivity contribution < 1.29 is 9.59 Å². The summed E-state index contributed by atoms with van der Waals surface area (Å²) >= 11 is 0. The first-order valence-corrected chi connectivity index (χ1v) is 8.93. The molecule has 3 N–H and O–H groups in total. The van der Waals surface area contributed by atoms with Gasteiger partial charge in [-0.3, -0.25) is 10.1 Å². The fourth-order valence-corrected chi connectivity index (χ4v) is 2.97. The average molecular weight is 331 g/mol. The minimum Gasteiger partial charge on any atom is -0.374 e. The van der Waals surface area contributed by atoms with Gasteiger partial charge in [-0.2, -0.15) is 0 Å². The normalized spacial score (nSPS) is 16.5. The number of anilines is 1. The Bertz CT molecular complexity index is 548. The molecule has 1 aliphatic rings. The molecule has 0 heterocycles. The SMILES string of the molecule is CC(C)c1ccc(N[C@@H](C)C(=O)NC(=O)NC2CCCCC2)cc1. The number of amides is 3. The molecule has 0 spiro atoms. The summed E-state index contributed by atoms with van der Waals surface area (Å²) < 4.78 is 0. The van der Waals surface area contributed by atoms with Crippen LogP contribution in [0.15, 0.2) is 24.3 Å². The summed E-state index contributed by atoms with van der Waals surface area (Å²) in [6.07, 6.45) is 5.51. The number of urea groups is 1. The van der Waals surface area contributed by atoms with Crippen LogP contribution in [0, 0.1) is 0 Å². The lowest BCUT2D eigenvalue weighted by atomic mass is 9.96. The molecule has 1 aliphatic carbocycles. The molecule has 2 rings (SSSR count). The first kappa shape index (κ1) is 18.3. The first-order valence-electron chi connectivity index (χ1n) is 8.93. The predicted octanol–water partition coefficient (Wildman–Crippen LogP) is 3.77. The number of rotatable bonds is 5. The number of benzene rings is 1. The molecule has 0 unspecified atom stereocenters. The maximum absolute atomic E-state index is 12.1. The molecule has 1 aromatic rings. The molecule has 0 aliphatic heterocycles. The van der Waals surface area contributed by atoms with Gasteiger partial charge in [-0.25, -0.2) is 4.79 Å². The van der Waals surface area contributed by atoms with Crippen molar-refractivity contribution in [3.63, 3.8) is 0 Å². The highest BCUT2D eigenvalue weighted by molar-refractivity contribution is 5.98. The molecule has 1 atom stereocenters. The van der Waals surface area contributed by atoms with Crippen molar-refractivity contribution in [2.75, 3.05) is 5.32 Å². The van der Waals surface area contributed by atoms with E-state index >= 15 is 0 Å². The van der Waals surface area contributed by atoms with E-state index in [1.807, 2.05) is 24.3 Å². The Hall–Kier alpha value is -2.04. The van der Waals surface area contributed by atoms with Gasteiger partial charge in [0, 0.05) is 11.7 Å². The highest BCUT2D eigenvalue weighted by Crippen LogP contribution is 2.18. The van der Waals surface area contributed by atoms with E-state index in [0.29, 0.717) is 5.92 Å². The van der Waals surface area contributed by atoms with Gasteiger partial charge in [0.15, 0.2) is 0 Å². The van der Waals surface area contributed by atoms with Gasteiger partial charge in [0.2, 0.25) is 5.91 Å². The van der Waals surface area contributed by atoms with Crippen LogP contribution >= 0.6 is 0 Å². The van der Waals surface area contributed by atoms with E-state index in [-0.39, 0.29) is 11.9 Å². The molecule has 24 heavy (non-hydrogen) atoms. The van der Waals surface area contributed by atoms with Crippen LogP contribution in [0.25, 0.3) is 0 Å². The lowest BCUT2D eigenvalue weighted by Crippen LogP contribution is -2.49. The monoisotopic (exact) mass is 331 g/mol. The van der Waals surface area contributed by atoms with Crippen LogP contribution in [0.2, 0.25) is 0 Å². The van der Waals surface area contributed by atoms with Crippen LogP contribution in [0.3, 0.4) is 0 Å². The number of nitrogens with one attached hydrogen (secondary N) is 3. The van der Waals surface area contributed by atoms with Gasteiger partial charge in [-0.05, 0) is 43.4 Å². The minimum atomic E-state index is -0.480. The topological polar surface area (TPSA) is 70.2 Å². The standard InChI is InChI=1S/C19H29N3O2/c1-13(2)15-9-11-17(12-10-15)20-14(3)18(23)22-19(24)21-16-7-5-4-6-8-16/h9-14,16,20H,4-8H2,1-3H3,(H2,21,22,23,24)/t14-/m0/s1. The van der Waals surface area contributed by atoms with E-state index in [9.17, 15) is 9.59 Å². The highest BCUT2D eigenvalue weighted by Gasteiger charge is 2.19. The Kier molecular flexibility index (Phi) is 6.64. The van der Waals surface area contributed by atoms with Gasteiger partial charge in [-0.1, -0.05) is 45.2 Å². The van der Waals surface area contributed by atoms with E-state index in [1.54, 1.807) is 6.92 Å². The number of carbonyl (C=O) groups excluding carboxylic acids is 2. The van der Waals surface area contributed by atoms with E-state index in [4.69, 9.17) is 0 Å². The second kappa shape index (κ2) is 8.71. The van der Waals surface area contributed by atoms with Crippen molar-refractivity contribution >= 4 is 17.6 Å². The van der Waals surface area contributed by atoms with Crippen molar-refractivity contribution in [3.8, 4) is 0 Å². The smallest absolute Gasteiger partial charge is 0.321 e. The Morgan fingerprint density at radius 1 is 1.00 bits per heavy atom. The molecule has 1 aromatic carbocycles. The van der Waals surface area contributed by atoms with Crippen molar-refractivity contribution in [2.24, 2.45) is 0 Å².